The molecule has 2 atom stereocenters. The van der Waals surface area contributed by atoms with E-state index in [1.54, 1.807) is 13.8 Å². The summed E-state index contributed by atoms with van der Waals surface area (Å²) >= 11 is 0. The van der Waals surface area contributed by atoms with Crippen LogP contribution in [0.1, 0.15) is 41.0 Å². The third kappa shape index (κ3) is 5.05. The zero-order valence-corrected chi connectivity index (χ0v) is 15.6. The van der Waals surface area contributed by atoms with E-state index >= 15 is 0 Å². The van der Waals surface area contributed by atoms with E-state index < -0.39 is 20.2 Å². The molecule has 1 rings (SSSR count). The Balaban J connectivity index is 2.68. The van der Waals surface area contributed by atoms with Gasteiger partial charge in [0.15, 0.2) is 20.2 Å². The largest absolute Gasteiger partial charge is 0.467 e. The second kappa shape index (κ2) is 6.36. The van der Waals surface area contributed by atoms with Gasteiger partial charge in [-0.3, -0.25) is 0 Å². The average Bonchev–Trinajstić information content (AvgIpc) is 2.32. The van der Waals surface area contributed by atoms with E-state index in [-0.39, 0.29) is 17.1 Å². The van der Waals surface area contributed by atoms with Gasteiger partial charge in [0, 0.05) is 6.42 Å². The first kappa shape index (κ1) is 18.6. The normalized spacial score (nSPS) is 26.5. The van der Waals surface area contributed by atoms with E-state index in [1.165, 1.54) is 7.11 Å². The van der Waals surface area contributed by atoms with Gasteiger partial charge in [0.05, 0.1) is 19.8 Å². The molecule has 0 spiro atoms. The molecule has 5 nitrogen and oxygen atoms in total. The SMILES string of the molecule is COC(=O)[C@H]1C[C@@H](CO[Si](C)(C)C(C)(C)C)OC(C)(C)O1. The molecule has 1 aliphatic rings. The fourth-order valence-electron chi connectivity index (χ4n) is 2.00. The second-order valence-corrected chi connectivity index (χ2v) is 12.4. The van der Waals surface area contributed by atoms with Crippen molar-refractivity contribution in [1.82, 2.24) is 0 Å². The van der Waals surface area contributed by atoms with Crippen molar-refractivity contribution in [3.8, 4) is 0 Å². The lowest BCUT2D eigenvalue weighted by Crippen LogP contribution is -2.51. The van der Waals surface area contributed by atoms with Crippen LogP contribution in [-0.4, -0.2) is 46.0 Å². The maximum atomic E-state index is 11.7. The van der Waals surface area contributed by atoms with Crippen LogP contribution in [0.3, 0.4) is 0 Å². The monoisotopic (exact) mass is 318 g/mol. The van der Waals surface area contributed by atoms with Gasteiger partial charge in [-0.05, 0) is 32.0 Å². The average molecular weight is 318 g/mol. The third-order valence-corrected chi connectivity index (χ3v) is 8.75. The Morgan fingerprint density at radius 1 is 1.29 bits per heavy atom. The minimum atomic E-state index is -1.83. The van der Waals surface area contributed by atoms with Crippen LogP contribution in [-0.2, 0) is 23.4 Å². The lowest BCUT2D eigenvalue weighted by molar-refractivity contribution is -0.300. The predicted molar refractivity (Wildman–Crippen MR) is 83.6 cm³/mol. The van der Waals surface area contributed by atoms with Crippen LogP contribution in [0.2, 0.25) is 18.1 Å². The van der Waals surface area contributed by atoms with E-state index in [4.69, 9.17) is 18.6 Å². The topological polar surface area (TPSA) is 54.0 Å². The summed E-state index contributed by atoms with van der Waals surface area (Å²) in [6.45, 7) is 15.1. The summed E-state index contributed by atoms with van der Waals surface area (Å²) in [5, 5.41) is 0.148. The molecular weight excluding hydrogens is 288 g/mol. The summed E-state index contributed by atoms with van der Waals surface area (Å²) in [6.07, 6.45) is -0.288. The molecule has 1 heterocycles. The molecule has 21 heavy (non-hydrogen) atoms. The van der Waals surface area contributed by atoms with Gasteiger partial charge in [-0.1, -0.05) is 20.8 Å². The Morgan fingerprint density at radius 2 is 1.86 bits per heavy atom. The Bertz CT molecular complexity index is 373. The number of carbonyl (C=O) groups is 1. The van der Waals surface area contributed by atoms with Crippen molar-refractivity contribution in [2.75, 3.05) is 13.7 Å². The van der Waals surface area contributed by atoms with Crippen LogP contribution >= 0.6 is 0 Å². The molecule has 0 bridgehead atoms. The highest BCUT2D eigenvalue weighted by Crippen LogP contribution is 2.37. The minimum absolute atomic E-state index is 0.148. The van der Waals surface area contributed by atoms with E-state index in [9.17, 15) is 4.79 Å². The van der Waals surface area contributed by atoms with Crippen molar-refractivity contribution < 1.29 is 23.4 Å². The summed E-state index contributed by atoms with van der Waals surface area (Å²) in [5.41, 5.74) is 0. The molecule has 1 aliphatic heterocycles. The molecule has 0 aliphatic carbocycles. The van der Waals surface area contributed by atoms with Gasteiger partial charge in [0.1, 0.15) is 0 Å². The minimum Gasteiger partial charge on any atom is -0.467 e. The maximum absolute atomic E-state index is 11.7. The summed E-state index contributed by atoms with van der Waals surface area (Å²) in [7, 11) is -0.459. The number of methoxy groups -OCH3 is 1. The zero-order chi connectivity index (χ0) is 16.5. The highest BCUT2D eigenvalue weighted by molar-refractivity contribution is 6.74. The Labute approximate surface area is 129 Å². The summed E-state index contributed by atoms with van der Waals surface area (Å²) < 4.78 is 22.5. The van der Waals surface area contributed by atoms with Crippen LogP contribution in [0.4, 0.5) is 0 Å². The van der Waals surface area contributed by atoms with Crippen molar-refractivity contribution in [2.24, 2.45) is 0 Å². The van der Waals surface area contributed by atoms with Gasteiger partial charge >= 0.3 is 5.97 Å². The molecular formula is C15H30O5Si. The number of hydrogen-bond donors (Lipinski definition) is 0. The number of ether oxygens (including phenoxy) is 3. The summed E-state index contributed by atoms with van der Waals surface area (Å²) in [6, 6.07) is 0. The third-order valence-electron chi connectivity index (χ3n) is 4.25. The van der Waals surface area contributed by atoms with Crippen LogP contribution in [0, 0.1) is 0 Å². The van der Waals surface area contributed by atoms with E-state index in [0.29, 0.717) is 13.0 Å². The number of esters is 1. The van der Waals surface area contributed by atoms with Crippen molar-refractivity contribution >= 4 is 14.3 Å². The smallest absolute Gasteiger partial charge is 0.335 e. The maximum Gasteiger partial charge on any atom is 0.335 e. The fourth-order valence-corrected chi connectivity index (χ4v) is 3.04. The predicted octanol–water partition coefficient (Wildman–Crippen LogP) is 3.09. The first-order chi connectivity index (χ1) is 9.38. The molecule has 0 N–H and O–H groups in total. The van der Waals surface area contributed by atoms with Gasteiger partial charge in [0.2, 0.25) is 0 Å². The van der Waals surface area contributed by atoms with Gasteiger partial charge < -0.3 is 18.6 Å². The van der Waals surface area contributed by atoms with E-state index in [1.807, 2.05) is 0 Å². The molecule has 0 radical (unpaired) electrons. The summed E-state index contributed by atoms with van der Waals surface area (Å²) in [5.74, 6) is -1.16. The molecule has 0 unspecified atom stereocenters. The standard InChI is InChI=1S/C15H30O5Si/c1-14(2,3)21(7,8)18-10-11-9-12(13(16)17-6)20-15(4,5)19-11/h11-12H,9-10H2,1-8H3/t11-,12+/m0/s1. The Hall–Kier alpha value is -0.433. The van der Waals surface area contributed by atoms with Crippen LogP contribution in [0.25, 0.3) is 0 Å². The van der Waals surface area contributed by atoms with Crippen LogP contribution in [0.5, 0.6) is 0 Å². The van der Waals surface area contributed by atoms with Crippen molar-refractivity contribution in [3.05, 3.63) is 0 Å². The molecule has 0 aromatic heterocycles. The molecule has 124 valence electrons. The number of carbonyl (C=O) groups excluding carboxylic acids is 1. The Kier molecular flexibility index (Phi) is 5.64. The quantitative estimate of drug-likeness (QED) is 0.589. The molecule has 0 aromatic carbocycles. The van der Waals surface area contributed by atoms with Gasteiger partial charge in [-0.2, -0.15) is 0 Å². The lowest BCUT2D eigenvalue weighted by Gasteiger charge is -2.42. The van der Waals surface area contributed by atoms with Gasteiger partial charge in [-0.25, -0.2) is 4.79 Å². The number of rotatable bonds is 4. The van der Waals surface area contributed by atoms with Crippen LogP contribution in [0.15, 0.2) is 0 Å². The van der Waals surface area contributed by atoms with E-state index in [2.05, 4.69) is 33.9 Å². The first-order valence-electron chi connectivity index (χ1n) is 7.45. The fraction of sp³-hybridized carbons (Fsp3) is 0.933. The molecule has 1 saturated heterocycles. The van der Waals surface area contributed by atoms with Crippen molar-refractivity contribution in [1.29, 1.82) is 0 Å². The highest BCUT2D eigenvalue weighted by atomic mass is 28.4. The molecule has 0 aromatic rings. The Morgan fingerprint density at radius 3 is 2.33 bits per heavy atom. The summed E-state index contributed by atoms with van der Waals surface area (Å²) in [4.78, 5) is 11.7. The molecule has 0 amide bonds. The second-order valence-electron chi connectivity index (χ2n) is 7.58. The van der Waals surface area contributed by atoms with Crippen LogP contribution < -0.4 is 0 Å². The highest BCUT2D eigenvalue weighted by Gasteiger charge is 2.42. The first-order valence-corrected chi connectivity index (χ1v) is 10.4. The van der Waals surface area contributed by atoms with E-state index in [0.717, 1.165) is 0 Å². The van der Waals surface area contributed by atoms with Gasteiger partial charge in [0.25, 0.3) is 0 Å². The molecule has 0 saturated carbocycles. The number of hydrogen-bond acceptors (Lipinski definition) is 5. The molecule has 1 fully saturated rings. The molecule has 6 heteroatoms. The zero-order valence-electron chi connectivity index (χ0n) is 14.6. The van der Waals surface area contributed by atoms with Crippen molar-refractivity contribution in [3.63, 3.8) is 0 Å². The van der Waals surface area contributed by atoms with Gasteiger partial charge in [-0.15, -0.1) is 0 Å². The van der Waals surface area contributed by atoms with Crippen molar-refractivity contribution in [2.45, 2.75) is 77.2 Å². The lowest BCUT2D eigenvalue weighted by atomic mass is 10.1.